The van der Waals surface area contributed by atoms with Crippen LogP contribution < -0.4 is 23.7 Å². The minimum Gasteiger partial charge on any atom is -0.507 e. The number of aromatic hydroxyl groups is 1. The van der Waals surface area contributed by atoms with Crippen molar-refractivity contribution in [3.05, 3.63) is 47.5 Å². The highest BCUT2D eigenvalue weighted by molar-refractivity contribution is 5.89. The molecule has 0 aliphatic carbocycles. The molecular weight excluding hydrogens is 448 g/mol. The molecule has 0 bridgehead atoms. The number of phenols is 1. The summed E-state index contributed by atoms with van der Waals surface area (Å²) >= 11 is 0. The maximum absolute atomic E-state index is 11.9. The summed E-state index contributed by atoms with van der Waals surface area (Å²) in [5.41, 5.74) is 4.05. The fraction of sp³-hybridized carbons (Fsp3) is 0.321. The van der Waals surface area contributed by atoms with E-state index in [0.29, 0.717) is 45.3 Å². The zero-order valence-electron chi connectivity index (χ0n) is 21.4. The molecule has 0 atom stereocenters. The molecule has 0 saturated heterocycles. The van der Waals surface area contributed by atoms with E-state index in [1.807, 2.05) is 39.0 Å². The molecule has 3 aromatic carbocycles. The van der Waals surface area contributed by atoms with E-state index in [-0.39, 0.29) is 17.4 Å². The number of carbonyl (C=O) groups excluding carboxylic acids is 1. The Kier molecular flexibility index (Phi) is 7.79. The summed E-state index contributed by atoms with van der Waals surface area (Å²) in [5, 5.41) is 11.2. The van der Waals surface area contributed by atoms with E-state index in [1.54, 1.807) is 39.5 Å². The van der Waals surface area contributed by atoms with Gasteiger partial charge in [-0.1, -0.05) is 13.8 Å². The van der Waals surface area contributed by atoms with Crippen LogP contribution in [0.1, 0.15) is 37.8 Å². The highest BCUT2D eigenvalue weighted by atomic mass is 16.6. The molecule has 0 heterocycles. The summed E-state index contributed by atoms with van der Waals surface area (Å²) in [6, 6.07) is 10.9. The summed E-state index contributed by atoms with van der Waals surface area (Å²) in [7, 11) is 6.21. The molecule has 7 nitrogen and oxygen atoms in total. The largest absolute Gasteiger partial charge is 0.507 e. The van der Waals surface area contributed by atoms with Crippen LogP contribution >= 0.6 is 0 Å². The van der Waals surface area contributed by atoms with Gasteiger partial charge in [-0.25, -0.2) is 0 Å². The molecule has 1 N–H and O–H groups in total. The van der Waals surface area contributed by atoms with E-state index in [4.69, 9.17) is 23.7 Å². The van der Waals surface area contributed by atoms with Gasteiger partial charge in [0.1, 0.15) is 23.0 Å². The van der Waals surface area contributed by atoms with Gasteiger partial charge in [-0.15, -0.1) is 0 Å². The average molecular weight is 481 g/mol. The second kappa shape index (κ2) is 10.6. The van der Waals surface area contributed by atoms with Crippen LogP contribution in [0.3, 0.4) is 0 Å². The average Bonchev–Trinajstić information content (AvgIpc) is 2.83. The molecule has 0 radical (unpaired) electrons. The Hall–Kier alpha value is -3.87. The van der Waals surface area contributed by atoms with Gasteiger partial charge in [0.05, 0.1) is 28.4 Å². The van der Waals surface area contributed by atoms with E-state index >= 15 is 0 Å². The van der Waals surface area contributed by atoms with Gasteiger partial charge in [0, 0.05) is 40.8 Å². The Morgan fingerprint density at radius 2 is 1.34 bits per heavy atom. The quantitative estimate of drug-likeness (QED) is 0.307. The first-order valence-corrected chi connectivity index (χ1v) is 11.2. The van der Waals surface area contributed by atoms with Gasteiger partial charge in [-0.05, 0) is 48.7 Å². The molecule has 0 fully saturated rings. The number of carbonyl (C=O) groups is 1. The van der Waals surface area contributed by atoms with Crippen molar-refractivity contribution in [1.29, 1.82) is 0 Å². The smallest absolute Gasteiger partial charge is 0.308 e. The van der Waals surface area contributed by atoms with Crippen LogP contribution in [0.5, 0.6) is 34.5 Å². The van der Waals surface area contributed by atoms with Crippen molar-refractivity contribution < 1.29 is 33.6 Å². The third kappa shape index (κ3) is 5.14. The van der Waals surface area contributed by atoms with Gasteiger partial charge in [0.15, 0.2) is 11.5 Å². The SMILES string of the molecule is COc1cc(-c2cc(-c3cc(C)cc(OC)c3OC(C)=O)c(OC)cc2OC)c(O)c(C(C)C)c1. The number of hydrogen-bond acceptors (Lipinski definition) is 7. The minimum atomic E-state index is -0.479. The third-order valence-electron chi connectivity index (χ3n) is 5.74. The fourth-order valence-corrected chi connectivity index (χ4v) is 4.05. The van der Waals surface area contributed by atoms with Gasteiger partial charge < -0.3 is 28.8 Å². The number of esters is 1. The number of rotatable bonds is 8. The van der Waals surface area contributed by atoms with Crippen molar-refractivity contribution in [3.63, 3.8) is 0 Å². The van der Waals surface area contributed by atoms with Gasteiger partial charge >= 0.3 is 5.97 Å². The van der Waals surface area contributed by atoms with Crippen LogP contribution in [0, 0.1) is 6.92 Å². The first-order chi connectivity index (χ1) is 16.6. The molecule has 0 saturated carbocycles. The van der Waals surface area contributed by atoms with Crippen LogP contribution in [0.15, 0.2) is 36.4 Å². The highest BCUT2D eigenvalue weighted by Crippen LogP contribution is 2.49. The summed E-state index contributed by atoms with van der Waals surface area (Å²) < 4.78 is 28.0. The second-order valence-electron chi connectivity index (χ2n) is 8.46. The molecule has 7 heteroatoms. The summed E-state index contributed by atoms with van der Waals surface area (Å²) in [5.74, 6) is 2.02. The van der Waals surface area contributed by atoms with Crippen molar-refractivity contribution in [2.75, 3.05) is 28.4 Å². The second-order valence-corrected chi connectivity index (χ2v) is 8.46. The third-order valence-corrected chi connectivity index (χ3v) is 5.74. The van der Waals surface area contributed by atoms with E-state index in [9.17, 15) is 9.90 Å². The van der Waals surface area contributed by atoms with Crippen LogP contribution in [-0.4, -0.2) is 39.5 Å². The van der Waals surface area contributed by atoms with Crippen LogP contribution in [0.4, 0.5) is 0 Å². The van der Waals surface area contributed by atoms with Crippen LogP contribution in [0.25, 0.3) is 22.3 Å². The minimum absolute atomic E-state index is 0.0594. The molecule has 0 aliphatic rings. The number of benzene rings is 3. The molecule has 0 aromatic heterocycles. The maximum atomic E-state index is 11.9. The van der Waals surface area contributed by atoms with Gasteiger partial charge in [-0.2, -0.15) is 0 Å². The van der Waals surface area contributed by atoms with Crippen molar-refractivity contribution in [1.82, 2.24) is 0 Å². The molecule has 0 aliphatic heterocycles. The Bertz CT molecular complexity index is 1240. The number of aryl methyl sites for hydroxylation is 1. The maximum Gasteiger partial charge on any atom is 0.308 e. The fourth-order valence-electron chi connectivity index (χ4n) is 4.05. The Labute approximate surface area is 206 Å². The van der Waals surface area contributed by atoms with Crippen molar-refractivity contribution in [2.24, 2.45) is 0 Å². The van der Waals surface area contributed by atoms with Crippen LogP contribution in [0.2, 0.25) is 0 Å². The van der Waals surface area contributed by atoms with Gasteiger partial charge in [0.25, 0.3) is 0 Å². The molecule has 35 heavy (non-hydrogen) atoms. The molecule has 3 rings (SSSR count). The zero-order chi connectivity index (χ0) is 25.9. The summed E-state index contributed by atoms with van der Waals surface area (Å²) in [4.78, 5) is 11.9. The normalized spacial score (nSPS) is 10.8. The predicted octanol–water partition coefficient (Wildman–Crippen LogP) is 6.12. The lowest BCUT2D eigenvalue weighted by molar-refractivity contribution is -0.131. The van der Waals surface area contributed by atoms with E-state index in [0.717, 1.165) is 11.1 Å². The first-order valence-electron chi connectivity index (χ1n) is 11.2. The van der Waals surface area contributed by atoms with Crippen molar-refractivity contribution in [2.45, 2.75) is 33.6 Å². The standard InChI is InChI=1S/C28H32O7/c1-15(2)19-11-18(31-5)12-22(27(19)30)20-13-21(25(33-7)14-24(20)32-6)23-9-16(3)10-26(34-8)28(23)35-17(4)29/h9-15,30H,1-8H3. The lowest BCUT2D eigenvalue weighted by Crippen LogP contribution is -2.05. The first kappa shape index (κ1) is 25.7. The van der Waals surface area contributed by atoms with Crippen LogP contribution in [-0.2, 0) is 4.79 Å². The molecule has 0 unspecified atom stereocenters. The number of ether oxygens (including phenoxy) is 5. The molecular formula is C28H32O7. The van der Waals surface area contributed by atoms with Crippen molar-refractivity contribution >= 4 is 5.97 Å². The zero-order valence-corrected chi connectivity index (χ0v) is 21.4. The number of hydrogen-bond donors (Lipinski definition) is 1. The van der Waals surface area contributed by atoms with Crippen molar-refractivity contribution in [3.8, 4) is 56.8 Å². The molecule has 3 aromatic rings. The van der Waals surface area contributed by atoms with Gasteiger partial charge in [0.2, 0.25) is 0 Å². The molecule has 186 valence electrons. The topological polar surface area (TPSA) is 83.5 Å². The Morgan fingerprint density at radius 1 is 0.743 bits per heavy atom. The predicted molar refractivity (Wildman–Crippen MR) is 135 cm³/mol. The monoisotopic (exact) mass is 480 g/mol. The molecule has 0 spiro atoms. The molecule has 0 amide bonds. The van der Waals surface area contributed by atoms with Gasteiger partial charge in [-0.3, -0.25) is 4.79 Å². The van der Waals surface area contributed by atoms with E-state index in [2.05, 4.69) is 0 Å². The lowest BCUT2D eigenvalue weighted by atomic mass is 9.91. The number of phenolic OH excluding ortho intramolecular Hbond substituents is 1. The lowest BCUT2D eigenvalue weighted by Gasteiger charge is -2.21. The highest BCUT2D eigenvalue weighted by Gasteiger charge is 2.24. The Morgan fingerprint density at radius 3 is 1.86 bits per heavy atom. The van der Waals surface area contributed by atoms with E-state index in [1.165, 1.54) is 14.0 Å². The number of methoxy groups -OCH3 is 4. The summed E-state index contributed by atoms with van der Waals surface area (Å²) in [6.45, 7) is 7.25. The van der Waals surface area contributed by atoms with E-state index < -0.39 is 5.97 Å². The summed E-state index contributed by atoms with van der Waals surface area (Å²) in [6.07, 6.45) is 0. The Balaban J connectivity index is 2.42.